The van der Waals surface area contributed by atoms with Crippen molar-refractivity contribution >= 4 is 29.0 Å². The van der Waals surface area contributed by atoms with Crippen molar-refractivity contribution in [2.75, 3.05) is 11.4 Å². The maximum Gasteiger partial charge on any atom is 0.338 e. The van der Waals surface area contributed by atoms with E-state index in [1.807, 2.05) is 24.3 Å². The van der Waals surface area contributed by atoms with Crippen LogP contribution in [-0.2, 0) is 4.79 Å². The van der Waals surface area contributed by atoms with Crippen LogP contribution in [0.4, 0.5) is 11.4 Å². The van der Waals surface area contributed by atoms with Crippen LogP contribution < -0.4 is 9.64 Å². The Bertz CT molecular complexity index is 1180. The highest BCUT2D eigenvalue weighted by atomic mass is 16.5. The van der Waals surface area contributed by atoms with E-state index in [1.54, 1.807) is 6.92 Å². The third kappa shape index (κ3) is 9.90. The van der Waals surface area contributed by atoms with Gasteiger partial charge in [0.05, 0.1) is 0 Å². The molecule has 3 nitrogen and oxygen atoms in total. The largest absolute Gasteiger partial charge is 0.423 e. The summed E-state index contributed by atoms with van der Waals surface area (Å²) < 4.78 is 5.40. The Morgan fingerprint density at radius 2 is 1.36 bits per heavy atom. The molecule has 0 aromatic heterocycles. The summed E-state index contributed by atoms with van der Waals surface area (Å²) in [6.07, 6.45) is 13.3. The lowest BCUT2D eigenvalue weighted by molar-refractivity contribution is -0.130. The quantitative estimate of drug-likeness (QED) is 0.0615. The Morgan fingerprint density at radius 1 is 0.769 bits per heavy atom. The van der Waals surface area contributed by atoms with Gasteiger partial charge in [-0.2, -0.15) is 0 Å². The summed E-state index contributed by atoms with van der Waals surface area (Å²) in [6.45, 7) is 10.8. The maximum atomic E-state index is 11.9. The van der Waals surface area contributed by atoms with Gasteiger partial charge in [-0.05, 0) is 79.3 Å². The second kappa shape index (κ2) is 16.4. The van der Waals surface area contributed by atoms with Gasteiger partial charge in [-0.1, -0.05) is 107 Å². The van der Waals surface area contributed by atoms with E-state index in [9.17, 15) is 4.79 Å². The number of hydrogen-bond acceptors (Lipinski definition) is 3. The third-order valence-electron chi connectivity index (χ3n) is 6.93. The van der Waals surface area contributed by atoms with E-state index < -0.39 is 5.97 Å². The molecular weight excluding hydrogens is 478 g/mol. The van der Waals surface area contributed by atoms with Crippen molar-refractivity contribution in [3.05, 3.63) is 102 Å². The van der Waals surface area contributed by atoms with Crippen molar-refractivity contribution in [3.8, 4) is 5.75 Å². The Kier molecular flexibility index (Phi) is 12.6. The first-order valence-corrected chi connectivity index (χ1v) is 14.6. The molecule has 0 aliphatic carbocycles. The lowest BCUT2D eigenvalue weighted by Gasteiger charge is -2.25. The summed E-state index contributed by atoms with van der Waals surface area (Å²) in [4.78, 5) is 14.3. The van der Waals surface area contributed by atoms with Crippen LogP contribution in [0.5, 0.6) is 5.75 Å². The standard InChI is InChI=1S/C36H45NO2/c1-5-7-9-12-18-32(31-16-13-11-14-17-31)28-30-19-21-33(22-20-30)37(27-15-10-8-6-2)34-23-25-35(26-24-34)39-36(38)29(3)4/h11,13-14,16-17,19-26,28H,3,5-10,12,15,18,27H2,1-2,4H3/b32-28-. The molecule has 0 saturated heterocycles. The van der Waals surface area contributed by atoms with Crippen LogP contribution in [0.3, 0.4) is 0 Å². The first-order chi connectivity index (χ1) is 19.0. The molecule has 0 atom stereocenters. The lowest BCUT2D eigenvalue weighted by atomic mass is 9.97. The molecule has 3 aromatic carbocycles. The molecule has 0 radical (unpaired) electrons. The van der Waals surface area contributed by atoms with E-state index in [0.29, 0.717) is 11.3 Å². The molecule has 3 heteroatoms. The molecule has 0 N–H and O–H groups in total. The minimum Gasteiger partial charge on any atom is -0.423 e. The zero-order chi connectivity index (χ0) is 27.9. The van der Waals surface area contributed by atoms with Gasteiger partial charge in [0.1, 0.15) is 5.75 Å². The smallest absolute Gasteiger partial charge is 0.338 e. The van der Waals surface area contributed by atoms with E-state index in [4.69, 9.17) is 4.74 Å². The topological polar surface area (TPSA) is 29.5 Å². The number of anilines is 2. The molecular formula is C36H45NO2. The second-order valence-corrected chi connectivity index (χ2v) is 10.3. The van der Waals surface area contributed by atoms with E-state index in [0.717, 1.165) is 25.1 Å². The van der Waals surface area contributed by atoms with Crippen molar-refractivity contribution in [3.63, 3.8) is 0 Å². The van der Waals surface area contributed by atoms with Crippen molar-refractivity contribution in [1.29, 1.82) is 0 Å². The van der Waals surface area contributed by atoms with Crippen LogP contribution >= 0.6 is 0 Å². The number of rotatable bonds is 16. The summed E-state index contributed by atoms with van der Waals surface area (Å²) in [6, 6.07) is 27.4. The van der Waals surface area contributed by atoms with Crippen LogP contribution in [0.2, 0.25) is 0 Å². The average molecular weight is 524 g/mol. The fourth-order valence-corrected chi connectivity index (χ4v) is 4.64. The van der Waals surface area contributed by atoms with E-state index in [1.165, 1.54) is 67.3 Å². The van der Waals surface area contributed by atoms with Gasteiger partial charge in [-0.25, -0.2) is 4.79 Å². The number of unbranched alkanes of at least 4 members (excludes halogenated alkanes) is 6. The number of carbonyl (C=O) groups excluding carboxylic acids is 1. The Morgan fingerprint density at radius 3 is 1.95 bits per heavy atom. The third-order valence-corrected chi connectivity index (χ3v) is 6.93. The first kappa shape index (κ1) is 30.0. The van der Waals surface area contributed by atoms with Gasteiger partial charge in [0.2, 0.25) is 0 Å². The highest BCUT2D eigenvalue weighted by molar-refractivity contribution is 5.88. The highest BCUT2D eigenvalue weighted by Crippen LogP contribution is 2.30. The number of carbonyl (C=O) groups is 1. The average Bonchev–Trinajstić information content (AvgIpc) is 2.96. The summed E-state index contributed by atoms with van der Waals surface area (Å²) in [5.41, 5.74) is 6.58. The van der Waals surface area contributed by atoms with E-state index >= 15 is 0 Å². The number of benzene rings is 3. The zero-order valence-corrected chi connectivity index (χ0v) is 24.1. The molecule has 0 saturated carbocycles. The summed E-state index contributed by atoms with van der Waals surface area (Å²) in [5.74, 6) is 0.133. The Labute approximate surface area is 236 Å². The van der Waals surface area contributed by atoms with Gasteiger partial charge in [0.15, 0.2) is 0 Å². The number of nitrogens with zero attached hydrogens (tertiary/aromatic N) is 1. The van der Waals surface area contributed by atoms with Crippen molar-refractivity contribution in [2.45, 2.75) is 78.6 Å². The molecule has 0 aliphatic rings. The van der Waals surface area contributed by atoms with E-state index in [-0.39, 0.29) is 0 Å². The minimum absolute atomic E-state index is 0.391. The van der Waals surface area contributed by atoms with Gasteiger partial charge in [-0.3, -0.25) is 0 Å². The highest BCUT2D eigenvalue weighted by Gasteiger charge is 2.12. The maximum absolute atomic E-state index is 11.9. The number of esters is 1. The number of allylic oxidation sites excluding steroid dienone is 1. The molecule has 0 unspecified atom stereocenters. The summed E-state index contributed by atoms with van der Waals surface area (Å²) in [5, 5.41) is 0. The van der Waals surface area contributed by atoms with Crippen LogP contribution in [0, 0.1) is 0 Å². The number of ether oxygens (including phenoxy) is 1. The first-order valence-electron chi connectivity index (χ1n) is 14.6. The molecule has 0 spiro atoms. The van der Waals surface area contributed by atoms with Gasteiger partial charge in [0.25, 0.3) is 0 Å². The van der Waals surface area contributed by atoms with Crippen molar-refractivity contribution < 1.29 is 9.53 Å². The van der Waals surface area contributed by atoms with Crippen LogP contribution in [0.1, 0.15) is 89.7 Å². The second-order valence-electron chi connectivity index (χ2n) is 10.3. The molecule has 0 amide bonds. The monoisotopic (exact) mass is 523 g/mol. The van der Waals surface area contributed by atoms with Gasteiger partial charge < -0.3 is 9.64 Å². The molecule has 0 aliphatic heterocycles. The van der Waals surface area contributed by atoms with Crippen LogP contribution in [0.25, 0.3) is 11.6 Å². The van der Waals surface area contributed by atoms with Crippen molar-refractivity contribution in [1.82, 2.24) is 0 Å². The zero-order valence-electron chi connectivity index (χ0n) is 24.1. The fraction of sp³-hybridized carbons (Fsp3) is 0.361. The van der Waals surface area contributed by atoms with Gasteiger partial charge >= 0.3 is 5.97 Å². The number of hydrogen-bond donors (Lipinski definition) is 0. The molecule has 39 heavy (non-hydrogen) atoms. The Hall–Kier alpha value is -3.59. The van der Waals surface area contributed by atoms with Crippen LogP contribution in [0.15, 0.2) is 91.0 Å². The van der Waals surface area contributed by atoms with Crippen molar-refractivity contribution in [2.24, 2.45) is 0 Å². The molecule has 0 heterocycles. The molecule has 206 valence electrons. The predicted molar refractivity (Wildman–Crippen MR) is 168 cm³/mol. The minimum atomic E-state index is -0.400. The summed E-state index contributed by atoms with van der Waals surface area (Å²) in [7, 11) is 0. The van der Waals surface area contributed by atoms with Crippen LogP contribution in [-0.4, -0.2) is 12.5 Å². The fourth-order valence-electron chi connectivity index (χ4n) is 4.64. The molecule has 0 bridgehead atoms. The normalized spacial score (nSPS) is 11.3. The molecule has 0 fully saturated rings. The Balaban J connectivity index is 1.82. The SMILES string of the molecule is C=C(C)C(=O)Oc1ccc(N(CCCCCC)c2ccc(/C=C(/CCCCCC)c3ccccc3)cc2)cc1. The molecule has 3 aromatic rings. The summed E-state index contributed by atoms with van der Waals surface area (Å²) >= 11 is 0. The van der Waals surface area contributed by atoms with Gasteiger partial charge in [-0.15, -0.1) is 0 Å². The lowest BCUT2D eigenvalue weighted by Crippen LogP contribution is -2.18. The van der Waals surface area contributed by atoms with Gasteiger partial charge in [0, 0.05) is 23.5 Å². The predicted octanol–water partition coefficient (Wildman–Crippen LogP) is 10.4. The molecule has 3 rings (SSSR count). The van der Waals surface area contributed by atoms with E-state index in [2.05, 4.69) is 86.0 Å².